The van der Waals surface area contributed by atoms with Crippen molar-refractivity contribution in [2.75, 3.05) is 0 Å². The van der Waals surface area contributed by atoms with Crippen LogP contribution in [0.25, 0.3) is 122 Å². The number of rotatable bonds is 22. The van der Waals surface area contributed by atoms with Gasteiger partial charge in [0.05, 0.1) is 43.8 Å². The summed E-state index contributed by atoms with van der Waals surface area (Å²) in [6.07, 6.45) is 14.7. The van der Waals surface area contributed by atoms with Crippen LogP contribution >= 0.6 is 0 Å². The Balaban J connectivity index is 0.000000167. The Hall–Kier alpha value is -10.9. The molecule has 0 atom stereocenters. The van der Waals surface area contributed by atoms with E-state index in [9.17, 15) is 0 Å². The van der Waals surface area contributed by atoms with Crippen LogP contribution in [-0.4, -0.2) is 0 Å². The Morgan fingerprint density at radius 2 is 0.601 bits per heavy atom. The van der Waals surface area contributed by atoms with Gasteiger partial charge in [0.25, 0.3) is 0 Å². The van der Waals surface area contributed by atoms with Crippen molar-refractivity contribution in [2.24, 2.45) is 75.5 Å². The Bertz CT molecular complexity index is 6780. The summed E-state index contributed by atoms with van der Waals surface area (Å²) < 4.78 is 26.7. The lowest BCUT2D eigenvalue weighted by molar-refractivity contribution is -0.665. The second-order valence-corrected chi connectivity index (χ2v) is 44.1. The Morgan fingerprint density at radius 1 is 0.268 bits per heavy atom. The first-order valence-corrected chi connectivity index (χ1v) is 52.2. The third-order valence-electron chi connectivity index (χ3n) is 31.5. The van der Waals surface area contributed by atoms with Gasteiger partial charge < -0.3 is 0 Å². The van der Waals surface area contributed by atoms with Gasteiger partial charge in [-0.2, -0.15) is 9.13 Å². The average molecular weight is 1840 g/mol. The highest BCUT2D eigenvalue weighted by Crippen LogP contribution is 2.48. The summed E-state index contributed by atoms with van der Waals surface area (Å²) >= 11 is 0. The van der Waals surface area contributed by atoms with Gasteiger partial charge in [0.2, 0.25) is 22.8 Å². The Labute approximate surface area is 839 Å². The lowest BCUT2D eigenvalue weighted by Gasteiger charge is -2.28. The lowest BCUT2D eigenvalue weighted by Crippen LogP contribution is -2.35. The second-order valence-electron chi connectivity index (χ2n) is 44.1. The number of nitrogens with zero attached hydrogens (tertiary/aromatic N) is 4. The van der Waals surface area contributed by atoms with Gasteiger partial charge in [-0.05, 0) is 319 Å². The molecular weight excluding hydrogens is 1670 g/mol. The van der Waals surface area contributed by atoms with Gasteiger partial charge >= 0.3 is 0 Å². The number of hydrogen-bond acceptors (Lipinski definition) is 0. The summed E-state index contributed by atoms with van der Waals surface area (Å²) in [4.78, 5) is 0. The molecule has 11 aromatic carbocycles. The molecule has 724 valence electrons. The van der Waals surface area contributed by atoms with Crippen LogP contribution < -0.4 is 18.3 Å². The summed E-state index contributed by atoms with van der Waals surface area (Å²) in [6, 6.07) is 90.6. The Kier molecular flexibility index (Phi) is 34.6. The van der Waals surface area contributed by atoms with Gasteiger partial charge in [-0.25, -0.2) is 9.13 Å². The van der Waals surface area contributed by atoms with Crippen molar-refractivity contribution >= 4 is 43.1 Å². The second kappa shape index (κ2) is 46.4. The van der Waals surface area contributed by atoms with Gasteiger partial charge in [-0.1, -0.05) is 348 Å². The molecule has 0 spiro atoms. The van der Waals surface area contributed by atoms with Crippen LogP contribution in [0, 0.1) is 95.8 Å². The fraction of sp³-hybridized carbons (Fsp3) is 0.418. The molecule has 4 nitrogen and oxygen atoms in total. The maximum atomic E-state index is 8.97. The van der Waals surface area contributed by atoms with E-state index in [4.69, 9.17) is 2.74 Å². The third-order valence-corrected chi connectivity index (χ3v) is 31.5. The Morgan fingerprint density at radius 3 is 0.986 bits per heavy atom. The summed E-state index contributed by atoms with van der Waals surface area (Å²) in [5.74, 6) is 8.76. The topological polar surface area (TPSA) is 15.5 Å². The molecule has 4 heteroatoms. The fourth-order valence-electron chi connectivity index (χ4n) is 24.6. The average Bonchev–Trinajstić information content (AvgIpc) is 0.757. The predicted octanol–water partition coefficient (Wildman–Crippen LogP) is 36.6. The van der Waals surface area contributed by atoms with Gasteiger partial charge in [-0.3, -0.25) is 0 Å². The molecule has 15 aromatic rings. The van der Waals surface area contributed by atoms with Crippen molar-refractivity contribution < 1.29 is 21.0 Å². The molecule has 2 fully saturated rings. The first-order chi connectivity index (χ1) is 65.8. The number of aromatic nitrogens is 4. The highest BCUT2D eigenvalue weighted by atomic mass is 15.0. The molecule has 2 aliphatic rings. The minimum atomic E-state index is 0. The molecule has 0 saturated heterocycles. The SMILES string of the molecule is C.C.Cc1cc(-c2ccccc2)cc(-c2c3ccc(C(C(C)C)C(C)C)cc3cc(C)[n+]2C)c1C.Cc1ccc(-c2ccccc2)cc1-c1c2ccc(C(C(C)C)C(C)C)cc2cc(C)[n+]1C.[2H]c1cc2cc(C(C(C)C)C(C)C)ccc2c(-c2cc(-c3ccccc3)cc(C(C)C)c2C)[n+]1C.[2H]c1cc2cc(C(C(C)C)C(C)C)ccc2c(-c2cc(C3CCCCC3)cc(C3CCCCC3)c2C)[n+]1C. The first-order valence-electron chi connectivity index (χ1n) is 53.2. The van der Waals surface area contributed by atoms with Crippen LogP contribution in [0.4, 0.5) is 0 Å². The van der Waals surface area contributed by atoms with Crippen molar-refractivity contribution in [1.29, 1.82) is 0 Å². The van der Waals surface area contributed by atoms with E-state index in [1.165, 1.54) is 242 Å². The molecule has 0 unspecified atom stereocenters. The van der Waals surface area contributed by atoms with E-state index in [-0.39, 0.29) is 14.9 Å². The molecule has 138 heavy (non-hydrogen) atoms. The standard InChI is InChI=1S/C36H50N.C33H40N.C32H38N.C31H36N.2CH4/c1-24(2)35(25(3)4)30-17-18-32-29(21-30)19-20-37(6)36(32)34-23-31(27-13-9-7-10-14-27)22-33(26(34)5)28-15-11-8-12-16-28;1-21(2)30-19-28(25-12-10-9-11-13-25)20-31(24(30)7)33-29-15-14-27(32(22(3)4)23(5)6)18-26(29)16-17-34(33)8;1-20(2)31(21(3)4)26-14-15-29-28(18-26)17-23(6)33(8)32(29)30-19-27(16-22(5)24(30)7)25-12-10-9-11-13-25;1-20(2)30(21(3)4)26-15-16-28-27(18-26)17-23(6)32(7)31(28)29-19-25(14-13-22(29)5)24-11-9-8-10-12-24;;/h17-25,27-28,35H,7-16H2,1-6H3;9-23,32H,1-8H3;9-21,31H,1-8H3;8-21,30H,1-7H3;2*1H4/q4*+1;;/i20D;17D;;;;. The summed E-state index contributed by atoms with van der Waals surface area (Å²) in [5.41, 5.74) is 37.2. The maximum Gasteiger partial charge on any atom is 0.220 e. The molecule has 0 bridgehead atoms. The zero-order chi connectivity index (χ0) is 99.3. The normalized spacial score (nSPS) is 13.6. The van der Waals surface area contributed by atoms with Gasteiger partial charge in [0, 0.05) is 38.1 Å². The number of fused-ring (bicyclic) bond motifs is 4. The van der Waals surface area contributed by atoms with Gasteiger partial charge in [-0.15, -0.1) is 0 Å². The van der Waals surface area contributed by atoms with Crippen LogP contribution in [0.3, 0.4) is 0 Å². The summed E-state index contributed by atoms with van der Waals surface area (Å²) in [6.45, 7) is 57.7. The largest absolute Gasteiger partial charge is 0.220 e. The van der Waals surface area contributed by atoms with Crippen molar-refractivity contribution in [1.82, 2.24) is 0 Å². The molecule has 2 aliphatic carbocycles. The van der Waals surface area contributed by atoms with E-state index < -0.39 is 0 Å². The number of benzene rings is 11. The highest BCUT2D eigenvalue weighted by Gasteiger charge is 2.33. The quantitative estimate of drug-likeness (QED) is 0.0601. The van der Waals surface area contributed by atoms with E-state index in [0.29, 0.717) is 101 Å². The van der Waals surface area contributed by atoms with Crippen molar-refractivity contribution in [3.63, 3.8) is 0 Å². The highest BCUT2D eigenvalue weighted by molar-refractivity contribution is 5.99. The summed E-state index contributed by atoms with van der Waals surface area (Å²) in [5, 5.41) is 10.2. The zero-order valence-corrected chi connectivity index (χ0v) is 88.6. The molecule has 0 amide bonds. The van der Waals surface area contributed by atoms with E-state index in [2.05, 4.69) is 445 Å². The monoisotopic (exact) mass is 1840 g/mol. The fourth-order valence-corrected chi connectivity index (χ4v) is 24.6. The maximum absolute atomic E-state index is 8.97. The minimum absolute atomic E-state index is 0. The molecule has 4 aromatic heterocycles. The van der Waals surface area contributed by atoms with E-state index >= 15 is 0 Å². The number of hydrogen-bond donors (Lipinski definition) is 0. The third kappa shape index (κ3) is 23.2. The van der Waals surface area contributed by atoms with Crippen LogP contribution in [0.2, 0.25) is 0 Å². The van der Waals surface area contributed by atoms with Crippen molar-refractivity contribution in [3.8, 4) is 78.4 Å². The van der Waals surface area contributed by atoms with Crippen LogP contribution in [0.1, 0.15) is 326 Å². The van der Waals surface area contributed by atoms with Crippen LogP contribution in [0.5, 0.6) is 0 Å². The van der Waals surface area contributed by atoms with E-state index in [1.54, 1.807) is 11.1 Å². The van der Waals surface area contributed by atoms with Crippen molar-refractivity contribution in [2.45, 2.75) is 294 Å². The predicted molar refractivity (Wildman–Crippen MR) is 601 cm³/mol. The smallest absolute Gasteiger partial charge is 0.200 e. The van der Waals surface area contributed by atoms with Crippen molar-refractivity contribution in [3.05, 3.63) is 333 Å². The van der Waals surface area contributed by atoms with E-state index in [1.807, 2.05) is 17.7 Å². The molecule has 0 aliphatic heterocycles. The first kappa shape index (κ1) is 103. The zero-order valence-electron chi connectivity index (χ0n) is 90.6. The van der Waals surface area contributed by atoms with Crippen LogP contribution in [0.15, 0.2) is 255 Å². The van der Waals surface area contributed by atoms with Gasteiger partial charge in [0.1, 0.15) is 30.9 Å². The van der Waals surface area contributed by atoms with Gasteiger partial charge in [0.15, 0.2) is 23.7 Å². The number of pyridine rings is 4. The van der Waals surface area contributed by atoms with E-state index in [0.717, 1.165) is 11.1 Å². The number of aryl methyl sites for hydroxylation is 4. The molecule has 17 rings (SSSR count). The molecule has 2 saturated carbocycles. The summed E-state index contributed by atoms with van der Waals surface area (Å²) in [7, 11) is 8.52. The molecule has 0 N–H and O–H groups in total. The molecular formula is C134H172N4+4. The lowest BCUT2D eigenvalue weighted by atomic mass is 9.76. The molecule has 4 heterocycles. The van der Waals surface area contributed by atoms with Crippen LogP contribution in [-0.2, 0) is 28.2 Å². The molecule has 0 radical (unpaired) electrons. The minimum Gasteiger partial charge on any atom is -0.200 e.